The second-order valence-corrected chi connectivity index (χ2v) is 7.74. The van der Waals surface area contributed by atoms with E-state index in [1.54, 1.807) is 0 Å². The van der Waals surface area contributed by atoms with Crippen molar-refractivity contribution in [3.8, 4) is 0 Å². The number of hydrogen-bond acceptors (Lipinski definition) is 3. The topological polar surface area (TPSA) is 26.8 Å². The first-order valence-electron chi connectivity index (χ1n) is 8.95. The number of hydrogen-bond donors (Lipinski definition) is 0. The normalized spacial score (nSPS) is 41.1. The lowest BCUT2D eigenvalue weighted by atomic mass is 9.93. The van der Waals surface area contributed by atoms with E-state index in [0.717, 1.165) is 57.0 Å². The second-order valence-electron chi connectivity index (χ2n) is 7.74. The van der Waals surface area contributed by atoms with Crippen LogP contribution < -0.4 is 0 Å². The van der Waals surface area contributed by atoms with Crippen molar-refractivity contribution in [3.05, 3.63) is 0 Å². The van der Waals surface area contributed by atoms with Crippen LogP contribution in [0.5, 0.6) is 0 Å². The van der Waals surface area contributed by atoms with Crippen molar-refractivity contribution < 1.29 is 4.79 Å². The van der Waals surface area contributed by atoms with Crippen molar-refractivity contribution in [3.63, 3.8) is 0 Å². The maximum absolute atomic E-state index is 12.6. The Kier molecular flexibility index (Phi) is 3.70. The highest BCUT2D eigenvalue weighted by atomic mass is 16.2. The number of carbonyl (C=O) groups excluding carboxylic acids is 1. The Bertz CT molecular complexity index is 405. The zero-order valence-corrected chi connectivity index (χ0v) is 13.3. The molecule has 0 aromatic heterocycles. The molecular weight excluding hydrogens is 262 g/mol. The zero-order valence-electron chi connectivity index (χ0n) is 13.3. The van der Waals surface area contributed by atoms with Gasteiger partial charge in [0.15, 0.2) is 0 Å². The van der Waals surface area contributed by atoms with Crippen molar-refractivity contribution >= 4 is 5.91 Å². The highest BCUT2D eigenvalue weighted by molar-refractivity contribution is 5.82. The van der Waals surface area contributed by atoms with Gasteiger partial charge in [-0.3, -0.25) is 14.6 Å². The predicted molar refractivity (Wildman–Crippen MR) is 83.0 cm³/mol. The molecule has 4 heteroatoms. The van der Waals surface area contributed by atoms with Gasteiger partial charge >= 0.3 is 0 Å². The molecule has 2 aliphatic heterocycles. The van der Waals surface area contributed by atoms with Gasteiger partial charge in [-0.2, -0.15) is 0 Å². The van der Waals surface area contributed by atoms with E-state index in [1.807, 2.05) is 0 Å². The van der Waals surface area contributed by atoms with E-state index in [2.05, 4.69) is 21.7 Å². The lowest BCUT2D eigenvalue weighted by molar-refractivity contribution is -0.137. The van der Waals surface area contributed by atoms with Crippen LogP contribution in [0, 0.1) is 11.8 Å². The molecule has 118 valence electrons. The second kappa shape index (κ2) is 5.54. The van der Waals surface area contributed by atoms with Crippen LogP contribution in [0.2, 0.25) is 0 Å². The SMILES string of the molecule is CN1CCC[C@@H]1C(=O)N1CCN([C@@H]2C[C@H]3CC[C@H]2C3)CC1. The van der Waals surface area contributed by atoms with Crippen molar-refractivity contribution in [1.82, 2.24) is 14.7 Å². The van der Waals surface area contributed by atoms with Crippen LogP contribution in [0.3, 0.4) is 0 Å². The lowest BCUT2D eigenvalue weighted by Gasteiger charge is -2.42. The lowest BCUT2D eigenvalue weighted by Crippen LogP contribution is -2.55. The minimum absolute atomic E-state index is 0.166. The minimum Gasteiger partial charge on any atom is -0.339 e. The number of likely N-dealkylation sites (N-methyl/N-ethyl adjacent to an activating group) is 1. The summed E-state index contributed by atoms with van der Waals surface area (Å²) in [5, 5.41) is 0. The Morgan fingerprint density at radius 3 is 2.33 bits per heavy atom. The van der Waals surface area contributed by atoms with Gasteiger partial charge in [0.2, 0.25) is 5.91 Å². The monoisotopic (exact) mass is 291 g/mol. The summed E-state index contributed by atoms with van der Waals surface area (Å²) in [5.41, 5.74) is 0. The highest BCUT2D eigenvalue weighted by Gasteiger charge is 2.43. The molecule has 2 aliphatic carbocycles. The van der Waals surface area contributed by atoms with Gasteiger partial charge in [0.1, 0.15) is 0 Å². The van der Waals surface area contributed by atoms with Crippen molar-refractivity contribution in [2.75, 3.05) is 39.8 Å². The van der Waals surface area contributed by atoms with Gasteiger partial charge in [-0.05, 0) is 57.5 Å². The molecule has 0 radical (unpaired) electrons. The van der Waals surface area contributed by atoms with Crippen LogP contribution in [-0.4, -0.2) is 72.5 Å². The number of likely N-dealkylation sites (tertiary alicyclic amines) is 1. The Hall–Kier alpha value is -0.610. The smallest absolute Gasteiger partial charge is 0.240 e. The van der Waals surface area contributed by atoms with Crippen LogP contribution in [0.15, 0.2) is 0 Å². The Labute approximate surface area is 128 Å². The third-order valence-corrected chi connectivity index (χ3v) is 6.60. The molecule has 0 spiro atoms. The molecular formula is C17H29N3O. The quantitative estimate of drug-likeness (QED) is 0.770. The number of piperazine rings is 1. The summed E-state index contributed by atoms with van der Waals surface area (Å²) in [5.74, 6) is 2.38. The molecule has 2 bridgehead atoms. The summed E-state index contributed by atoms with van der Waals surface area (Å²) in [7, 11) is 2.10. The molecule has 21 heavy (non-hydrogen) atoms. The maximum atomic E-state index is 12.6. The third kappa shape index (κ3) is 2.50. The van der Waals surface area contributed by atoms with Gasteiger partial charge < -0.3 is 4.90 Å². The van der Waals surface area contributed by atoms with Crippen molar-refractivity contribution in [2.24, 2.45) is 11.8 Å². The van der Waals surface area contributed by atoms with E-state index in [1.165, 1.54) is 32.1 Å². The number of amides is 1. The molecule has 4 atom stereocenters. The summed E-state index contributed by atoms with van der Waals surface area (Å²) >= 11 is 0. The van der Waals surface area contributed by atoms with Crippen LogP contribution in [-0.2, 0) is 4.79 Å². The van der Waals surface area contributed by atoms with Gasteiger partial charge in [-0.15, -0.1) is 0 Å². The molecule has 2 saturated carbocycles. The molecule has 0 unspecified atom stereocenters. The maximum Gasteiger partial charge on any atom is 0.240 e. The number of fused-ring (bicyclic) bond motifs is 2. The Morgan fingerprint density at radius 1 is 0.952 bits per heavy atom. The van der Waals surface area contributed by atoms with E-state index in [-0.39, 0.29) is 6.04 Å². The predicted octanol–water partition coefficient (Wildman–Crippen LogP) is 1.41. The van der Waals surface area contributed by atoms with Gasteiger partial charge in [0.05, 0.1) is 6.04 Å². The number of nitrogens with zero attached hydrogens (tertiary/aromatic N) is 3. The molecule has 4 nitrogen and oxygen atoms in total. The average Bonchev–Trinajstić information content (AvgIpc) is 3.23. The van der Waals surface area contributed by atoms with Gasteiger partial charge in [0, 0.05) is 32.2 Å². The van der Waals surface area contributed by atoms with E-state index >= 15 is 0 Å². The van der Waals surface area contributed by atoms with E-state index < -0.39 is 0 Å². The third-order valence-electron chi connectivity index (χ3n) is 6.60. The molecule has 0 aromatic rings. The summed E-state index contributed by atoms with van der Waals surface area (Å²) in [6.07, 6.45) is 8.09. The van der Waals surface area contributed by atoms with Crippen molar-refractivity contribution in [1.29, 1.82) is 0 Å². The van der Waals surface area contributed by atoms with Crippen LogP contribution >= 0.6 is 0 Å². The van der Waals surface area contributed by atoms with Crippen LogP contribution in [0.4, 0.5) is 0 Å². The molecule has 4 aliphatic rings. The standard InChI is InChI=1S/C17H29N3O/c1-18-6-2-3-15(18)17(21)20-9-7-19(8-10-20)16-12-13-4-5-14(16)11-13/h13-16H,2-12H2,1H3/t13-,14-,15+,16+/m0/s1. The highest BCUT2D eigenvalue weighted by Crippen LogP contribution is 2.46. The van der Waals surface area contributed by atoms with Gasteiger partial charge in [-0.25, -0.2) is 0 Å². The van der Waals surface area contributed by atoms with Crippen molar-refractivity contribution in [2.45, 2.75) is 50.6 Å². The largest absolute Gasteiger partial charge is 0.339 e. The van der Waals surface area contributed by atoms with Crippen LogP contribution in [0.25, 0.3) is 0 Å². The van der Waals surface area contributed by atoms with E-state index in [0.29, 0.717) is 5.91 Å². The Balaban J connectivity index is 1.31. The fourth-order valence-corrected chi connectivity index (χ4v) is 5.37. The van der Waals surface area contributed by atoms with E-state index in [9.17, 15) is 4.79 Å². The van der Waals surface area contributed by atoms with Crippen LogP contribution in [0.1, 0.15) is 38.5 Å². The fraction of sp³-hybridized carbons (Fsp3) is 0.941. The fourth-order valence-electron chi connectivity index (χ4n) is 5.37. The molecule has 2 saturated heterocycles. The summed E-state index contributed by atoms with van der Waals surface area (Å²) in [6, 6.07) is 1.01. The molecule has 4 fully saturated rings. The molecule has 1 amide bonds. The molecule has 2 heterocycles. The summed E-state index contributed by atoms with van der Waals surface area (Å²) < 4.78 is 0. The first kappa shape index (κ1) is 14.0. The Morgan fingerprint density at radius 2 is 1.76 bits per heavy atom. The number of rotatable bonds is 2. The zero-order chi connectivity index (χ0) is 14.4. The first-order chi connectivity index (χ1) is 10.2. The average molecular weight is 291 g/mol. The summed E-state index contributed by atoms with van der Waals surface area (Å²) in [6.45, 7) is 5.21. The number of carbonyl (C=O) groups is 1. The minimum atomic E-state index is 0.166. The molecule has 0 aromatic carbocycles. The summed E-state index contributed by atoms with van der Waals surface area (Å²) in [4.78, 5) is 19.7. The molecule has 0 N–H and O–H groups in total. The first-order valence-corrected chi connectivity index (χ1v) is 8.95. The van der Waals surface area contributed by atoms with Gasteiger partial charge in [0.25, 0.3) is 0 Å². The van der Waals surface area contributed by atoms with Gasteiger partial charge in [-0.1, -0.05) is 6.42 Å². The molecule has 4 rings (SSSR count). The van der Waals surface area contributed by atoms with E-state index in [4.69, 9.17) is 0 Å².